The second kappa shape index (κ2) is 7.10. The number of hydrogen-bond donors (Lipinski definition) is 1. The van der Waals surface area contributed by atoms with E-state index in [1.807, 2.05) is 0 Å². The number of rotatable bonds is 4. The van der Waals surface area contributed by atoms with Gasteiger partial charge in [0.15, 0.2) is 0 Å². The van der Waals surface area contributed by atoms with Crippen molar-refractivity contribution in [3.05, 3.63) is 47.4 Å². The summed E-state index contributed by atoms with van der Waals surface area (Å²) in [5, 5.41) is 8.91. The molecule has 25 heavy (non-hydrogen) atoms. The largest absolute Gasteiger partial charge is 0.488 e. The Morgan fingerprint density at radius 3 is 2.52 bits per heavy atom. The number of ether oxygens (including phenoxy) is 2. The molecule has 5 nitrogen and oxygen atoms in total. The monoisotopic (exact) mass is 353 g/mol. The van der Waals surface area contributed by atoms with Crippen LogP contribution in [0, 0.1) is 17.5 Å². The van der Waals surface area contributed by atoms with Gasteiger partial charge in [0.1, 0.15) is 40.7 Å². The Kier molecular flexibility index (Phi) is 4.89. The van der Waals surface area contributed by atoms with Gasteiger partial charge in [-0.1, -0.05) is 0 Å². The smallest absolute Gasteiger partial charge is 0.354 e. The molecule has 1 atom stereocenters. The third kappa shape index (κ3) is 3.74. The van der Waals surface area contributed by atoms with Crippen molar-refractivity contribution >= 4 is 5.97 Å². The van der Waals surface area contributed by atoms with Crippen molar-refractivity contribution < 1.29 is 32.5 Å². The van der Waals surface area contributed by atoms with E-state index >= 15 is 0 Å². The maximum atomic E-state index is 14.4. The number of carboxylic acid groups (broad SMARTS) is 1. The first-order chi connectivity index (χ1) is 12.0. The zero-order valence-electron chi connectivity index (χ0n) is 13.0. The lowest BCUT2D eigenvalue weighted by Crippen LogP contribution is -2.28. The molecular formula is C17H14F3NO4. The van der Waals surface area contributed by atoms with Gasteiger partial charge >= 0.3 is 5.97 Å². The molecule has 0 bridgehead atoms. The summed E-state index contributed by atoms with van der Waals surface area (Å²) in [6.07, 6.45) is 1.16. The highest BCUT2D eigenvalue weighted by Gasteiger charge is 2.22. The maximum absolute atomic E-state index is 14.4. The van der Waals surface area contributed by atoms with Crippen molar-refractivity contribution in [2.45, 2.75) is 18.9 Å². The number of benzene rings is 1. The lowest BCUT2D eigenvalue weighted by molar-refractivity contribution is 0.00720. The van der Waals surface area contributed by atoms with Crippen LogP contribution in [0.4, 0.5) is 13.2 Å². The minimum Gasteiger partial charge on any atom is -0.488 e. The first-order valence-corrected chi connectivity index (χ1v) is 7.59. The van der Waals surface area contributed by atoms with Gasteiger partial charge in [-0.15, -0.1) is 0 Å². The van der Waals surface area contributed by atoms with Crippen LogP contribution in [0.5, 0.6) is 5.75 Å². The van der Waals surface area contributed by atoms with Crippen molar-refractivity contribution in [1.29, 1.82) is 0 Å². The predicted octanol–water partition coefficient (Wildman–Crippen LogP) is 3.42. The van der Waals surface area contributed by atoms with Crippen LogP contribution in [0.15, 0.2) is 24.3 Å². The fourth-order valence-corrected chi connectivity index (χ4v) is 2.58. The van der Waals surface area contributed by atoms with Gasteiger partial charge in [-0.2, -0.15) is 0 Å². The highest BCUT2D eigenvalue weighted by atomic mass is 19.1. The molecule has 2 aromatic rings. The van der Waals surface area contributed by atoms with Gasteiger partial charge in [-0.05, 0) is 25.0 Å². The van der Waals surface area contributed by atoms with Crippen LogP contribution in [0.2, 0.25) is 0 Å². The van der Waals surface area contributed by atoms with E-state index in [2.05, 4.69) is 4.98 Å². The Hall–Kier alpha value is -2.61. The highest BCUT2D eigenvalue weighted by Crippen LogP contribution is 2.31. The molecule has 0 saturated carbocycles. The molecule has 1 aromatic heterocycles. The number of aromatic nitrogens is 1. The predicted molar refractivity (Wildman–Crippen MR) is 81.0 cm³/mol. The first-order valence-electron chi connectivity index (χ1n) is 7.59. The van der Waals surface area contributed by atoms with Crippen LogP contribution < -0.4 is 4.74 Å². The Bertz CT molecular complexity index is 783. The summed E-state index contributed by atoms with van der Waals surface area (Å²) in [5.74, 6) is -4.71. The highest BCUT2D eigenvalue weighted by molar-refractivity contribution is 5.86. The summed E-state index contributed by atoms with van der Waals surface area (Å²) in [6.45, 7) is 0.939. The second-order valence-corrected chi connectivity index (χ2v) is 5.55. The zero-order chi connectivity index (χ0) is 18.0. The molecule has 1 N–H and O–H groups in total. The number of aromatic carboxylic acids is 1. The summed E-state index contributed by atoms with van der Waals surface area (Å²) >= 11 is 0. The molecule has 0 unspecified atom stereocenters. The summed E-state index contributed by atoms with van der Waals surface area (Å²) in [5.41, 5.74) is -1.97. The molecule has 1 fully saturated rings. The molecular weight excluding hydrogens is 339 g/mol. The Morgan fingerprint density at radius 1 is 1.20 bits per heavy atom. The molecule has 2 heterocycles. The van der Waals surface area contributed by atoms with Crippen molar-refractivity contribution in [2.24, 2.45) is 0 Å². The third-order valence-corrected chi connectivity index (χ3v) is 3.74. The first kappa shape index (κ1) is 17.2. The number of carbonyl (C=O) groups is 1. The molecule has 1 aromatic carbocycles. The summed E-state index contributed by atoms with van der Waals surface area (Å²) in [4.78, 5) is 14.4. The fraction of sp³-hybridized carbons (Fsp3) is 0.294. The molecule has 0 amide bonds. The number of nitrogens with zero attached hydrogens (tertiary/aromatic N) is 1. The average molecular weight is 353 g/mol. The van der Waals surface area contributed by atoms with Crippen LogP contribution in [0.25, 0.3) is 11.3 Å². The van der Waals surface area contributed by atoms with Gasteiger partial charge < -0.3 is 14.6 Å². The van der Waals surface area contributed by atoms with E-state index in [-0.39, 0.29) is 11.9 Å². The van der Waals surface area contributed by atoms with Crippen LogP contribution in [-0.2, 0) is 4.74 Å². The number of hydrogen-bond acceptors (Lipinski definition) is 4. The van der Waals surface area contributed by atoms with E-state index in [0.29, 0.717) is 19.6 Å². The Balaban J connectivity index is 1.95. The Morgan fingerprint density at radius 2 is 1.92 bits per heavy atom. The topological polar surface area (TPSA) is 68.7 Å². The second-order valence-electron chi connectivity index (χ2n) is 5.55. The molecule has 8 heteroatoms. The number of carboxylic acids is 1. The molecule has 1 saturated heterocycles. The Labute approximate surface area is 141 Å². The number of pyridine rings is 1. The van der Waals surface area contributed by atoms with Crippen LogP contribution in [0.1, 0.15) is 23.3 Å². The van der Waals surface area contributed by atoms with Crippen molar-refractivity contribution in [1.82, 2.24) is 4.98 Å². The molecule has 1 aliphatic heterocycles. The average Bonchev–Trinajstić information content (AvgIpc) is 2.56. The van der Waals surface area contributed by atoms with Crippen LogP contribution >= 0.6 is 0 Å². The van der Waals surface area contributed by atoms with Gasteiger partial charge in [-0.25, -0.2) is 22.9 Å². The molecule has 0 spiro atoms. The summed E-state index contributed by atoms with van der Waals surface area (Å²) in [7, 11) is 0. The molecule has 0 radical (unpaired) electrons. The number of halogens is 3. The van der Waals surface area contributed by atoms with Gasteiger partial charge in [0.05, 0.1) is 12.2 Å². The lowest BCUT2D eigenvalue weighted by atomic mass is 10.1. The van der Waals surface area contributed by atoms with Crippen LogP contribution in [0.3, 0.4) is 0 Å². The van der Waals surface area contributed by atoms with E-state index in [1.54, 1.807) is 0 Å². The molecule has 3 rings (SSSR count). The van der Waals surface area contributed by atoms with E-state index in [4.69, 9.17) is 14.6 Å². The van der Waals surface area contributed by atoms with E-state index in [1.165, 1.54) is 0 Å². The van der Waals surface area contributed by atoms with Gasteiger partial charge in [-0.3, -0.25) is 0 Å². The van der Waals surface area contributed by atoms with Gasteiger partial charge in [0.2, 0.25) is 0 Å². The van der Waals surface area contributed by atoms with E-state index in [0.717, 1.165) is 30.7 Å². The molecule has 1 aliphatic rings. The molecule has 132 valence electrons. The van der Waals surface area contributed by atoms with E-state index in [9.17, 15) is 18.0 Å². The SMILES string of the molecule is O=C(O)c1ccc(F)c(-c2c(F)cc(O[C@@H]3CCCOC3)cc2F)n1. The third-order valence-electron chi connectivity index (χ3n) is 3.74. The standard InChI is InChI=1S/C17H14F3NO4/c18-11-3-4-14(17(22)23)21-16(11)15-12(19)6-10(7-13(15)20)25-9-2-1-5-24-8-9/h3-4,6-7,9H,1-2,5,8H2,(H,22,23)/t9-/m1/s1. The normalized spacial score (nSPS) is 17.3. The van der Waals surface area contributed by atoms with E-state index < -0.39 is 40.4 Å². The maximum Gasteiger partial charge on any atom is 0.354 e. The van der Waals surface area contributed by atoms with Gasteiger partial charge in [0, 0.05) is 18.7 Å². The quantitative estimate of drug-likeness (QED) is 0.912. The van der Waals surface area contributed by atoms with Crippen molar-refractivity contribution in [3.63, 3.8) is 0 Å². The summed E-state index contributed by atoms with van der Waals surface area (Å²) in [6, 6.07) is 3.55. The summed E-state index contributed by atoms with van der Waals surface area (Å²) < 4.78 is 53.4. The van der Waals surface area contributed by atoms with Crippen LogP contribution in [-0.4, -0.2) is 35.4 Å². The minimum atomic E-state index is -1.43. The minimum absolute atomic E-state index is 0.0518. The molecule has 0 aliphatic carbocycles. The van der Waals surface area contributed by atoms with Crippen molar-refractivity contribution in [2.75, 3.05) is 13.2 Å². The lowest BCUT2D eigenvalue weighted by Gasteiger charge is -2.23. The van der Waals surface area contributed by atoms with Gasteiger partial charge in [0.25, 0.3) is 0 Å². The fourth-order valence-electron chi connectivity index (χ4n) is 2.58. The zero-order valence-corrected chi connectivity index (χ0v) is 13.0. The van der Waals surface area contributed by atoms with Crippen molar-refractivity contribution in [3.8, 4) is 17.0 Å².